The Kier molecular flexibility index (Phi) is 11.9. The first kappa shape index (κ1) is 26.0. The normalized spacial score (nSPS) is 16.2. The number of hydrogen-bond acceptors (Lipinski definition) is 5. The lowest BCUT2D eigenvalue weighted by Gasteiger charge is -2.28. The maximum Gasteiger partial charge on any atom is 0.191 e. The van der Waals surface area contributed by atoms with E-state index in [1.165, 1.54) is 12.8 Å². The molecule has 1 atom stereocenters. The van der Waals surface area contributed by atoms with Crippen LogP contribution in [0.3, 0.4) is 0 Å². The molecule has 0 aromatic heterocycles. The Morgan fingerprint density at radius 1 is 1.21 bits per heavy atom. The molecule has 1 saturated heterocycles. The number of hydrogen-bond donors (Lipinski definition) is 2. The summed E-state index contributed by atoms with van der Waals surface area (Å²) in [5.74, 6) is 1.79. The van der Waals surface area contributed by atoms with Crippen molar-refractivity contribution in [1.29, 1.82) is 0 Å². The number of sulfone groups is 1. The van der Waals surface area contributed by atoms with Crippen LogP contribution in [-0.2, 0) is 9.84 Å². The molecule has 0 spiro atoms. The second-order valence-electron chi connectivity index (χ2n) is 6.88. The van der Waals surface area contributed by atoms with Gasteiger partial charge in [0.15, 0.2) is 15.8 Å². The predicted octanol–water partition coefficient (Wildman–Crippen LogP) is 2.44. The first-order chi connectivity index (χ1) is 13.5. The van der Waals surface area contributed by atoms with E-state index in [4.69, 9.17) is 9.73 Å². The first-order valence-electron chi connectivity index (χ1n) is 10.1. The van der Waals surface area contributed by atoms with Crippen LogP contribution in [0.15, 0.2) is 29.3 Å². The lowest BCUT2D eigenvalue weighted by Crippen LogP contribution is -2.40. The Bertz CT molecular complexity index is 737. The quantitative estimate of drug-likeness (QED) is 0.271. The Morgan fingerprint density at radius 2 is 1.90 bits per heavy atom. The summed E-state index contributed by atoms with van der Waals surface area (Å²) in [4.78, 5) is 7.21. The summed E-state index contributed by atoms with van der Waals surface area (Å²) in [6, 6.07) is 8.23. The molecule has 2 N–H and O–H groups in total. The number of guanidine groups is 1. The van der Waals surface area contributed by atoms with Gasteiger partial charge in [-0.05, 0) is 38.9 Å². The molecule has 0 radical (unpaired) electrons. The highest BCUT2D eigenvalue weighted by Crippen LogP contribution is 2.31. The van der Waals surface area contributed by atoms with Crippen LogP contribution in [0.25, 0.3) is 0 Å². The second-order valence-corrected chi connectivity index (χ2v) is 9.36. The lowest BCUT2D eigenvalue weighted by atomic mass is 10.0. The first-order valence-corrected chi connectivity index (χ1v) is 11.9. The van der Waals surface area contributed by atoms with Gasteiger partial charge in [-0.1, -0.05) is 25.1 Å². The van der Waals surface area contributed by atoms with Gasteiger partial charge in [-0.2, -0.15) is 0 Å². The van der Waals surface area contributed by atoms with E-state index in [9.17, 15) is 8.42 Å². The molecule has 1 aromatic rings. The number of methoxy groups -OCH3 is 1. The Balaban J connectivity index is 0.00000420. The number of benzene rings is 1. The monoisotopic (exact) mass is 538 g/mol. The number of halogens is 1. The third-order valence-electron chi connectivity index (χ3n) is 4.99. The van der Waals surface area contributed by atoms with E-state index in [1.807, 2.05) is 25.1 Å². The molecule has 0 amide bonds. The molecule has 1 unspecified atom stereocenters. The van der Waals surface area contributed by atoms with Gasteiger partial charge in [0, 0.05) is 24.4 Å². The molecule has 9 heteroatoms. The average Bonchev–Trinajstić information content (AvgIpc) is 3.23. The summed E-state index contributed by atoms with van der Waals surface area (Å²) in [6.07, 6.45) is 2.39. The number of para-hydroxylation sites is 1. The SMILES string of the molecule is CCNC(=NCC(c1ccccc1OC)N1CCCC1)NCCS(=O)(=O)CC.I. The topological polar surface area (TPSA) is 83.0 Å². The standard InChI is InChI=1S/C20H34N4O3S.HI/c1-4-21-20(22-12-15-28(25,26)5-2)23-16-18(24-13-8-9-14-24)17-10-6-7-11-19(17)27-3;/h6-7,10-11,18H,4-5,8-9,12-16H2,1-3H3,(H2,21,22,23);1H. The molecule has 1 aromatic carbocycles. The van der Waals surface area contributed by atoms with Crippen LogP contribution in [0.5, 0.6) is 5.75 Å². The van der Waals surface area contributed by atoms with Crippen molar-refractivity contribution >= 4 is 39.8 Å². The number of likely N-dealkylation sites (tertiary alicyclic amines) is 1. The minimum Gasteiger partial charge on any atom is -0.496 e. The van der Waals surface area contributed by atoms with Crippen molar-refractivity contribution in [1.82, 2.24) is 15.5 Å². The zero-order chi connectivity index (χ0) is 20.4. The van der Waals surface area contributed by atoms with Gasteiger partial charge in [0.05, 0.1) is 25.4 Å². The molecule has 1 aliphatic rings. The fraction of sp³-hybridized carbons (Fsp3) is 0.650. The summed E-state index contributed by atoms with van der Waals surface area (Å²) in [7, 11) is -1.30. The van der Waals surface area contributed by atoms with Gasteiger partial charge < -0.3 is 15.4 Å². The molecule has 7 nitrogen and oxygen atoms in total. The number of nitrogens with one attached hydrogen (secondary N) is 2. The lowest BCUT2D eigenvalue weighted by molar-refractivity contribution is 0.245. The van der Waals surface area contributed by atoms with Gasteiger partial charge in [-0.25, -0.2) is 8.42 Å². The van der Waals surface area contributed by atoms with Crippen LogP contribution >= 0.6 is 24.0 Å². The Labute approximate surface area is 192 Å². The molecule has 2 rings (SSSR count). The highest BCUT2D eigenvalue weighted by molar-refractivity contribution is 14.0. The summed E-state index contributed by atoms with van der Waals surface area (Å²) < 4.78 is 29.0. The summed E-state index contributed by atoms with van der Waals surface area (Å²) in [6.45, 7) is 7.42. The van der Waals surface area contributed by atoms with E-state index in [2.05, 4.69) is 21.6 Å². The van der Waals surface area contributed by atoms with E-state index in [-0.39, 0.29) is 41.5 Å². The number of nitrogens with zero attached hydrogens (tertiary/aromatic N) is 2. The molecule has 0 bridgehead atoms. The molecule has 0 saturated carbocycles. The highest BCUT2D eigenvalue weighted by atomic mass is 127. The van der Waals surface area contributed by atoms with Crippen molar-refractivity contribution in [3.05, 3.63) is 29.8 Å². The summed E-state index contributed by atoms with van der Waals surface area (Å²) in [5.41, 5.74) is 1.14. The maximum atomic E-state index is 11.7. The predicted molar refractivity (Wildman–Crippen MR) is 130 cm³/mol. The van der Waals surface area contributed by atoms with Crippen molar-refractivity contribution in [2.24, 2.45) is 4.99 Å². The van der Waals surface area contributed by atoms with Crippen molar-refractivity contribution in [2.75, 3.05) is 51.3 Å². The summed E-state index contributed by atoms with van der Waals surface area (Å²) >= 11 is 0. The zero-order valence-electron chi connectivity index (χ0n) is 17.7. The Hall–Kier alpha value is -1.07. The van der Waals surface area contributed by atoms with Crippen LogP contribution in [0.4, 0.5) is 0 Å². The van der Waals surface area contributed by atoms with E-state index >= 15 is 0 Å². The third-order valence-corrected chi connectivity index (χ3v) is 6.70. The average molecular weight is 538 g/mol. The summed E-state index contributed by atoms with van der Waals surface area (Å²) in [5, 5.41) is 6.35. The second kappa shape index (κ2) is 13.3. The van der Waals surface area contributed by atoms with Gasteiger partial charge >= 0.3 is 0 Å². The molecule has 166 valence electrons. The highest BCUT2D eigenvalue weighted by Gasteiger charge is 2.25. The van der Waals surface area contributed by atoms with E-state index in [0.717, 1.165) is 30.9 Å². The van der Waals surface area contributed by atoms with E-state index in [0.29, 0.717) is 19.0 Å². The maximum absolute atomic E-state index is 11.7. The van der Waals surface area contributed by atoms with Gasteiger partial charge in [0.1, 0.15) is 5.75 Å². The van der Waals surface area contributed by atoms with Gasteiger partial charge in [0.25, 0.3) is 0 Å². The van der Waals surface area contributed by atoms with E-state index < -0.39 is 9.84 Å². The smallest absolute Gasteiger partial charge is 0.191 e. The van der Waals surface area contributed by atoms with Gasteiger partial charge in [0.2, 0.25) is 0 Å². The fourth-order valence-electron chi connectivity index (χ4n) is 3.39. The van der Waals surface area contributed by atoms with Crippen LogP contribution < -0.4 is 15.4 Å². The van der Waals surface area contributed by atoms with Crippen LogP contribution in [-0.4, -0.2) is 70.6 Å². The number of rotatable bonds is 10. The van der Waals surface area contributed by atoms with Gasteiger partial charge in [-0.15, -0.1) is 24.0 Å². The minimum atomic E-state index is -3.00. The van der Waals surface area contributed by atoms with Crippen molar-refractivity contribution in [2.45, 2.75) is 32.7 Å². The van der Waals surface area contributed by atoms with Crippen molar-refractivity contribution < 1.29 is 13.2 Å². The molecule has 1 heterocycles. The number of ether oxygens (including phenoxy) is 1. The van der Waals surface area contributed by atoms with E-state index in [1.54, 1.807) is 14.0 Å². The minimum absolute atomic E-state index is 0. The zero-order valence-corrected chi connectivity index (χ0v) is 20.8. The van der Waals surface area contributed by atoms with Crippen molar-refractivity contribution in [3.8, 4) is 5.75 Å². The Morgan fingerprint density at radius 3 is 2.52 bits per heavy atom. The van der Waals surface area contributed by atoms with Gasteiger partial charge in [-0.3, -0.25) is 9.89 Å². The molecular formula is C20H35IN4O3S. The molecule has 0 aliphatic carbocycles. The van der Waals surface area contributed by atoms with Crippen LogP contribution in [0.2, 0.25) is 0 Å². The number of aliphatic imine (C=N–C) groups is 1. The molecular weight excluding hydrogens is 503 g/mol. The van der Waals surface area contributed by atoms with Crippen molar-refractivity contribution in [3.63, 3.8) is 0 Å². The fourth-order valence-corrected chi connectivity index (χ4v) is 4.10. The molecule has 29 heavy (non-hydrogen) atoms. The molecule has 1 aliphatic heterocycles. The van der Waals surface area contributed by atoms with Crippen LogP contribution in [0.1, 0.15) is 38.3 Å². The molecule has 1 fully saturated rings. The largest absolute Gasteiger partial charge is 0.496 e. The third kappa shape index (κ3) is 8.29. The van der Waals surface area contributed by atoms with Crippen LogP contribution in [0, 0.1) is 0 Å².